The van der Waals surface area contributed by atoms with E-state index in [2.05, 4.69) is 20.6 Å². The normalized spacial score (nSPS) is 13.2. The average Bonchev–Trinajstić information content (AvgIpc) is 3.01. The maximum atomic E-state index is 5.79. The number of aromatic amines is 1. The number of nitrogens with zero attached hydrogens (tertiary/aromatic N) is 3. The van der Waals surface area contributed by atoms with Crippen LogP contribution in [0.5, 0.6) is 0 Å². The van der Waals surface area contributed by atoms with E-state index in [0.717, 1.165) is 16.2 Å². The van der Waals surface area contributed by atoms with Crippen LogP contribution in [0.2, 0.25) is 0 Å². The smallest absolute Gasteiger partial charge is 0.193 e. The molecule has 94 valence electrons. The zero-order valence-electron chi connectivity index (χ0n) is 9.50. The lowest BCUT2D eigenvalue weighted by atomic mass is 10.1. The molecule has 0 radical (unpaired) electrons. The Morgan fingerprint density at radius 3 is 3.11 bits per heavy atom. The first-order valence-corrected chi connectivity index (χ1v) is 6.32. The number of hydrogen-bond donors (Lipinski definition) is 4. The van der Waals surface area contributed by atoms with E-state index in [9.17, 15) is 0 Å². The Morgan fingerprint density at radius 1 is 1.56 bits per heavy atom. The number of hydrazine groups is 1. The summed E-state index contributed by atoms with van der Waals surface area (Å²) >= 11 is 1.60. The number of fused-ring (bicyclic) bond motifs is 1. The topological polar surface area (TPSA) is 110 Å². The van der Waals surface area contributed by atoms with Gasteiger partial charge in [0, 0.05) is 29.8 Å². The summed E-state index contributed by atoms with van der Waals surface area (Å²) in [7, 11) is 0. The summed E-state index contributed by atoms with van der Waals surface area (Å²) < 4.78 is 1.99. The second-order valence-corrected chi connectivity index (χ2v) is 4.86. The molecule has 6 N–H and O–H groups in total. The molecule has 8 heteroatoms. The van der Waals surface area contributed by atoms with Gasteiger partial charge in [0.15, 0.2) is 4.96 Å². The zero-order valence-corrected chi connectivity index (χ0v) is 10.3. The number of nitrogens with one attached hydrogen (secondary N) is 2. The van der Waals surface area contributed by atoms with Crippen LogP contribution in [0.15, 0.2) is 24.0 Å². The maximum absolute atomic E-state index is 5.79. The minimum atomic E-state index is -0.103. The van der Waals surface area contributed by atoms with Crippen LogP contribution < -0.4 is 17.0 Å². The van der Waals surface area contributed by atoms with Gasteiger partial charge in [0.1, 0.15) is 5.82 Å². The largest absolute Gasteiger partial charge is 0.384 e. The fourth-order valence-electron chi connectivity index (χ4n) is 1.93. The number of imidazole rings is 1. The Kier molecular flexibility index (Phi) is 2.74. The maximum Gasteiger partial charge on any atom is 0.193 e. The summed E-state index contributed by atoms with van der Waals surface area (Å²) in [6, 6.07) is -0.103. The first-order valence-electron chi connectivity index (χ1n) is 5.44. The lowest BCUT2D eigenvalue weighted by Gasteiger charge is -2.13. The molecular weight excluding hydrogens is 250 g/mol. The number of nitrogens with two attached hydrogens (primary N) is 2. The van der Waals surface area contributed by atoms with Crippen LogP contribution in [-0.2, 0) is 6.42 Å². The van der Waals surface area contributed by atoms with Crippen molar-refractivity contribution in [2.75, 3.05) is 5.73 Å². The van der Waals surface area contributed by atoms with Gasteiger partial charge >= 0.3 is 0 Å². The molecule has 1 atom stereocenters. The highest BCUT2D eigenvalue weighted by atomic mass is 32.1. The van der Waals surface area contributed by atoms with Gasteiger partial charge in [0.2, 0.25) is 0 Å². The van der Waals surface area contributed by atoms with Gasteiger partial charge in [-0.3, -0.25) is 20.8 Å². The molecular formula is C10H13N7S. The first kappa shape index (κ1) is 11.2. The number of hydrogen-bond acceptors (Lipinski definition) is 6. The van der Waals surface area contributed by atoms with Crippen molar-refractivity contribution in [3.05, 3.63) is 35.2 Å². The molecule has 18 heavy (non-hydrogen) atoms. The van der Waals surface area contributed by atoms with E-state index in [1.165, 1.54) is 0 Å². The van der Waals surface area contributed by atoms with Crippen LogP contribution in [0.4, 0.5) is 5.82 Å². The molecule has 0 aliphatic carbocycles. The number of anilines is 1. The van der Waals surface area contributed by atoms with E-state index in [-0.39, 0.29) is 6.04 Å². The fraction of sp³-hybridized carbons (Fsp3) is 0.200. The molecule has 0 spiro atoms. The molecule has 0 aliphatic heterocycles. The van der Waals surface area contributed by atoms with E-state index in [4.69, 9.17) is 11.6 Å². The molecule has 0 amide bonds. The van der Waals surface area contributed by atoms with Crippen LogP contribution >= 0.6 is 11.3 Å². The van der Waals surface area contributed by atoms with Gasteiger partial charge in [-0.1, -0.05) is 0 Å². The van der Waals surface area contributed by atoms with Gasteiger partial charge in [0.05, 0.1) is 17.9 Å². The van der Waals surface area contributed by atoms with Crippen molar-refractivity contribution in [1.82, 2.24) is 25.0 Å². The van der Waals surface area contributed by atoms with Gasteiger partial charge in [-0.15, -0.1) is 11.3 Å². The molecule has 3 aromatic heterocycles. The Bertz CT molecular complexity index is 623. The van der Waals surface area contributed by atoms with Crippen LogP contribution in [0.25, 0.3) is 4.96 Å². The first-order chi connectivity index (χ1) is 8.78. The van der Waals surface area contributed by atoms with Crippen molar-refractivity contribution in [1.29, 1.82) is 0 Å². The molecule has 0 aliphatic rings. The second-order valence-electron chi connectivity index (χ2n) is 3.99. The number of H-pyrrole nitrogens is 1. The Morgan fingerprint density at radius 2 is 2.44 bits per heavy atom. The summed E-state index contributed by atoms with van der Waals surface area (Å²) in [4.78, 5) is 5.49. The summed E-state index contributed by atoms with van der Waals surface area (Å²) in [6.45, 7) is 0. The van der Waals surface area contributed by atoms with Crippen LogP contribution in [0.1, 0.15) is 17.3 Å². The monoisotopic (exact) mass is 263 g/mol. The summed E-state index contributed by atoms with van der Waals surface area (Å²) in [6.07, 6.45) is 6.31. The molecule has 3 rings (SSSR count). The number of thiazole rings is 1. The van der Waals surface area contributed by atoms with E-state index in [1.54, 1.807) is 17.5 Å². The molecule has 3 heterocycles. The molecule has 0 saturated carbocycles. The third-order valence-electron chi connectivity index (χ3n) is 2.83. The lowest BCUT2D eigenvalue weighted by Crippen LogP contribution is -2.30. The van der Waals surface area contributed by atoms with Crippen LogP contribution in [-0.4, -0.2) is 19.6 Å². The van der Waals surface area contributed by atoms with E-state index in [0.29, 0.717) is 12.2 Å². The van der Waals surface area contributed by atoms with Gasteiger partial charge in [-0.2, -0.15) is 5.10 Å². The third kappa shape index (κ3) is 1.86. The quantitative estimate of drug-likeness (QED) is 0.403. The fourth-order valence-corrected chi connectivity index (χ4v) is 2.64. The van der Waals surface area contributed by atoms with Gasteiger partial charge < -0.3 is 5.73 Å². The molecule has 0 fully saturated rings. The number of aromatic nitrogens is 4. The minimum absolute atomic E-state index is 0.103. The second kappa shape index (κ2) is 4.41. The van der Waals surface area contributed by atoms with Crippen molar-refractivity contribution >= 4 is 22.1 Å². The molecule has 1 unspecified atom stereocenters. The predicted octanol–water partition coefficient (Wildman–Crippen LogP) is 0.448. The zero-order chi connectivity index (χ0) is 12.5. The molecule has 0 saturated heterocycles. The third-order valence-corrected chi connectivity index (χ3v) is 3.60. The Hall–Kier alpha value is -1.90. The predicted molar refractivity (Wildman–Crippen MR) is 69.8 cm³/mol. The highest BCUT2D eigenvalue weighted by molar-refractivity contribution is 7.15. The van der Waals surface area contributed by atoms with Crippen LogP contribution in [0, 0.1) is 0 Å². The SMILES string of the molecule is NNC(Cc1cn2ccsc2n1)c1cn[nH]c1N. The Balaban J connectivity index is 1.86. The summed E-state index contributed by atoms with van der Waals surface area (Å²) in [5.41, 5.74) is 10.4. The van der Waals surface area contributed by atoms with Crippen molar-refractivity contribution in [3.8, 4) is 0 Å². The number of nitrogen functional groups attached to an aromatic ring is 1. The molecule has 7 nitrogen and oxygen atoms in total. The van der Waals surface area contributed by atoms with Crippen molar-refractivity contribution < 1.29 is 0 Å². The molecule has 0 bridgehead atoms. The summed E-state index contributed by atoms with van der Waals surface area (Å²) in [5, 5.41) is 8.59. The molecule has 3 aromatic rings. The van der Waals surface area contributed by atoms with Crippen molar-refractivity contribution in [2.45, 2.75) is 12.5 Å². The average molecular weight is 263 g/mol. The van der Waals surface area contributed by atoms with Crippen LogP contribution in [0.3, 0.4) is 0 Å². The van der Waals surface area contributed by atoms with E-state index in [1.807, 2.05) is 22.2 Å². The Labute approximate surface area is 107 Å². The highest BCUT2D eigenvalue weighted by Crippen LogP contribution is 2.22. The lowest BCUT2D eigenvalue weighted by molar-refractivity contribution is 0.549. The van der Waals surface area contributed by atoms with Gasteiger partial charge in [-0.25, -0.2) is 4.98 Å². The number of rotatable bonds is 4. The van der Waals surface area contributed by atoms with Gasteiger partial charge in [-0.05, 0) is 0 Å². The van der Waals surface area contributed by atoms with E-state index < -0.39 is 0 Å². The van der Waals surface area contributed by atoms with Crippen molar-refractivity contribution in [2.24, 2.45) is 5.84 Å². The molecule has 0 aromatic carbocycles. The summed E-state index contributed by atoms with van der Waals surface area (Å²) in [5.74, 6) is 6.10. The van der Waals surface area contributed by atoms with E-state index >= 15 is 0 Å². The standard InChI is InChI=1S/C10H13N7S/c11-9-7(4-13-16-9)8(15-12)3-6-5-17-1-2-18-10(17)14-6/h1-2,4-5,8,15H,3,12H2,(H3,11,13,16). The van der Waals surface area contributed by atoms with Gasteiger partial charge in [0.25, 0.3) is 0 Å². The van der Waals surface area contributed by atoms with Crippen molar-refractivity contribution in [3.63, 3.8) is 0 Å². The highest BCUT2D eigenvalue weighted by Gasteiger charge is 2.17. The minimum Gasteiger partial charge on any atom is -0.384 e.